The van der Waals surface area contributed by atoms with Gasteiger partial charge in [-0.1, -0.05) is 13.3 Å². The van der Waals surface area contributed by atoms with Crippen LogP contribution in [0, 0.1) is 5.92 Å². The van der Waals surface area contributed by atoms with Crippen LogP contribution in [0.3, 0.4) is 0 Å². The lowest BCUT2D eigenvalue weighted by molar-refractivity contribution is 0.494. The van der Waals surface area contributed by atoms with E-state index in [2.05, 4.69) is 16.6 Å². The Morgan fingerprint density at radius 1 is 1.60 bits per heavy atom. The van der Waals surface area contributed by atoms with E-state index in [4.69, 9.17) is 0 Å². The van der Waals surface area contributed by atoms with Crippen LogP contribution in [0.15, 0.2) is 23.2 Å². The number of hydrogen-bond acceptors (Lipinski definition) is 3. The van der Waals surface area contributed by atoms with Crippen molar-refractivity contribution < 1.29 is 8.42 Å². The first-order valence-electron chi connectivity index (χ1n) is 5.07. The van der Waals surface area contributed by atoms with Crippen molar-refractivity contribution >= 4 is 10.0 Å². The molecule has 0 aromatic carbocycles. The largest absolute Gasteiger partial charge is 0.260 e. The number of rotatable bonds is 1. The first-order valence-corrected chi connectivity index (χ1v) is 6.55. The average molecular weight is 226 g/mol. The molecule has 0 radical (unpaired) electrons. The van der Waals surface area contributed by atoms with E-state index in [1.54, 1.807) is 18.3 Å². The van der Waals surface area contributed by atoms with E-state index in [0.29, 0.717) is 23.1 Å². The second-order valence-corrected chi connectivity index (χ2v) is 5.51. The van der Waals surface area contributed by atoms with Gasteiger partial charge in [0.05, 0.1) is 5.69 Å². The molecule has 1 N–H and O–H groups in total. The molecule has 4 nitrogen and oxygen atoms in total. The molecule has 1 aromatic heterocycles. The molecule has 2 heterocycles. The SMILES string of the molecule is CCC1CNS(=O)(=O)c2cccnc2C1. The zero-order valence-electron chi connectivity index (χ0n) is 8.60. The number of hydrogen-bond donors (Lipinski definition) is 1. The van der Waals surface area contributed by atoms with Gasteiger partial charge in [0.15, 0.2) is 0 Å². The normalized spacial score (nSPS) is 24.2. The van der Waals surface area contributed by atoms with Crippen LogP contribution < -0.4 is 4.72 Å². The van der Waals surface area contributed by atoms with E-state index < -0.39 is 10.0 Å². The summed E-state index contributed by atoms with van der Waals surface area (Å²) in [7, 11) is -3.33. The number of nitrogens with zero attached hydrogens (tertiary/aromatic N) is 1. The molecular formula is C10H14N2O2S. The Kier molecular flexibility index (Phi) is 2.75. The van der Waals surface area contributed by atoms with Gasteiger partial charge in [0.2, 0.25) is 10.0 Å². The molecule has 0 amide bonds. The third-order valence-electron chi connectivity index (χ3n) is 2.76. The van der Waals surface area contributed by atoms with E-state index in [-0.39, 0.29) is 0 Å². The Balaban J connectivity index is 2.50. The summed E-state index contributed by atoms with van der Waals surface area (Å²) in [6.07, 6.45) is 3.34. The smallest absolute Gasteiger partial charge is 0.242 e. The minimum absolute atomic E-state index is 0.334. The van der Waals surface area contributed by atoms with Gasteiger partial charge in [-0.3, -0.25) is 4.98 Å². The molecule has 1 aliphatic rings. The fourth-order valence-electron chi connectivity index (χ4n) is 1.76. The first-order chi connectivity index (χ1) is 7.13. The van der Waals surface area contributed by atoms with Crippen LogP contribution in [-0.4, -0.2) is 19.9 Å². The van der Waals surface area contributed by atoms with Crippen LogP contribution in [0.4, 0.5) is 0 Å². The van der Waals surface area contributed by atoms with Crippen molar-refractivity contribution in [2.24, 2.45) is 5.92 Å². The lowest BCUT2D eigenvalue weighted by Crippen LogP contribution is -2.26. The Morgan fingerprint density at radius 3 is 3.13 bits per heavy atom. The summed E-state index contributed by atoms with van der Waals surface area (Å²) in [6, 6.07) is 3.27. The van der Waals surface area contributed by atoms with Gasteiger partial charge in [-0.25, -0.2) is 13.1 Å². The second kappa shape index (κ2) is 3.90. The Hall–Kier alpha value is -0.940. The van der Waals surface area contributed by atoms with Gasteiger partial charge >= 0.3 is 0 Å². The molecule has 1 aliphatic heterocycles. The number of nitrogens with one attached hydrogen (secondary N) is 1. The van der Waals surface area contributed by atoms with Crippen LogP contribution in [0.1, 0.15) is 19.0 Å². The minimum atomic E-state index is -3.33. The molecule has 1 unspecified atom stereocenters. The van der Waals surface area contributed by atoms with Gasteiger partial charge < -0.3 is 0 Å². The van der Waals surface area contributed by atoms with Crippen LogP contribution in [0.2, 0.25) is 0 Å². The minimum Gasteiger partial charge on any atom is -0.260 e. The van der Waals surface area contributed by atoms with Crippen molar-refractivity contribution in [2.75, 3.05) is 6.54 Å². The standard InChI is InChI=1S/C10H14N2O2S/c1-2-8-6-9-10(4-3-5-11-9)15(13,14)12-7-8/h3-5,8,12H,2,6-7H2,1H3. The predicted molar refractivity (Wildman–Crippen MR) is 56.9 cm³/mol. The predicted octanol–water partition coefficient (Wildman–Crippen LogP) is 0.942. The molecule has 15 heavy (non-hydrogen) atoms. The van der Waals surface area contributed by atoms with Crippen molar-refractivity contribution in [3.8, 4) is 0 Å². The maximum Gasteiger partial charge on any atom is 0.242 e. The van der Waals surface area contributed by atoms with Gasteiger partial charge in [0.1, 0.15) is 4.90 Å². The lowest BCUT2D eigenvalue weighted by Gasteiger charge is -2.09. The summed E-state index contributed by atoms with van der Waals surface area (Å²) in [4.78, 5) is 4.49. The molecule has 2 rings (SSSR count). The highest BCUT2D eigenvalue weighted by Gasteiger charge is 2.25. The van der Waals surface area contributed by atoms with Crippen molar-refractivity contribution in [2.45, 2.75) is 24.7 Å². The maximum absolute atomic E-state index is 11.8. The molecule has 1 atom stereocenters. The zero-order valence-corrected chi connectivity index (χ0v) is 9.42. The summed E-state index contributed by atoms with van der Waals surface area (Å²) >= 11 is 0. The van der Waals surface area contributed by atoms with E-state index >= 15 is 0 Å². The maximum atomic E-state index is 11.8. The molecule has 1 aromatic rings. The van der Waals surface area contributed by atoms with E-state index in [9.17, 15) is 8.42 Å². The molecule has 0 saturated heterocycles. The van der Waals surface area contributed by atoms with E-state index in [0.717, 1.165) is 12.8 Å². The Labute approximate surface area is 89.8 Å². The van der Waals surface area contributed by atoms with Gasteiger partial charge in [0.25, 0.3) is 0 Å². The lowest BCUT2D eigenvalue weighted by atomic mass is 10.0. The molecule has 0 spiro atoms. The van der Waals surface area contributed by atoms with Crippen molar-refractivity contribution in [3.63, 3.8) is 0 Å². The van der Waals surface area contributed by atoms with Crippen LogP contribution in [-0.2, 0) is 16.4 Å². The summed E-state index contributed by atoms with van der Waals surface area (Å²) in [5.41, 5.74) is 0.689. The molecule has 0 aliphatic carbocycles. The van der Waals surface area contributed by atoms with Crippen LogP contribution in [0.25, 0.3) is 0 Å². The van der Waals surface area contributed by atoms with Gasteiger partial charge in [-0.05, 0) is 24.5 Å². The van der Waals surface area contributed by atoms with E-state index in [1.807, 2.05) is 0 Å². The monoisotopic (exact) mass is 226 g/mol. The number of sulfonamides is 1. The summed E-state index contributed by atoms with van der Waals surface area (Å²) in [5.74, 6) is 0.343. The summed E-state index contributed by atoms with van der Waals surface area (Å²) in [6.45, 7) is 2.57. The molecule has 5 heteroatoms. The average Bonchev–Trinajstić information content (AvgIpc) is 2.36. The molecule has 0 fully saturated rings. The molecule has 82 valence electrons. The van der Waals surface area contributed by atoms with Gasteiger partial charge in [-0.2, -0.15) is 0 Å². The fourth-order valence-corrected chi connectivity index (χ4v) is 3.08. The third kappa shape index (κ3) is 2.03. The number of aromatic nitrogens is 1. The molecule has 0 bridgehead atoms. The Bertz CT molecular complexity index is 456. The van der Waals surface area contributed by atoms with Crippen LogP contribution >= 0.6 is 0 Å². The van der Waals surface area contributed by atoms with Crippen LogP contribution in [0.5, 0.6) is 0 Å². The molecule has 0 saturated carbocycles. The van der Waals surface area contributed by atoms with Crippen molar-refractivity contribution in [3.05, 3.63) is 24.0 Å². The Morgan fingerprint density at radius 2 is 2.40 bits per heavy atom. The summed E-state index contributed by atoms with van der Waals surface area (Å²) < 4.78 is 26.2. The van der Waals surface area contributed by atoms with Gasteiger partial charge in [0, 0.05) is 12.7 Å². The van der Waals surface area contributed by atoms with Crippen molar-refractivity contribution in [1.82, 2.24) is 9.71 Å². The van der Waals surface area contributed by atoms with Crippen molar-refractivity contribution in [1.29, 1.82) is 0 Å². The highest BCUT2D eigenvalue weighted by molar-refractivity contribution is 7.89. The highest BCUT2D eigenvalue weighted by atomic mass is 32.2. The third-order valence-corrected chi connectivity index (χ3v) is 4.26. The first kappa shape index (κ1) is 10.6. The molecular weight excluding hydrogens is 212 g/mol. The second-order valence-electron chi connectivity index (χ2n) is 3.78. The van der Waals surface area contributed by atoms with E-state index in [1.165, 1.54) is 0 Å². The van der Waals surface area contributed by atoms with Gasteiger partial charge in [-0.15, -0.1) is 0 Å². The number of pyridine rings is 1. The summed E-state index contributed by atoms with van der Waals surface area (Å²) in [5, 5.41) is 0. The number of fused-ring (bicyclic) bond motifs is 1. The quantitative estimate of drug-likeness (QED) is 0.775. The zero-order chi connectivity index (χ0) is 10.9. The topological polar surface area (TPSA) is 59.1 Å². The highest BCUT2D eigenvalue weighted by Crippen LogP contribution is 2.21. The fraction of sp³-hybridized carbons (Fsp3) is 0.500.